The second-order valence-corrected chi connectivity index (χ2v) is 6.88. The van der Waals surface area contributed by atoms with Gasteiger partial charge in [0.25, 0.3) is 5.91 Å². The number of nitrogens with zero attached hydrogens (tertiary/aromatic N) is 1. The van der Waals surface area contributed by atoms with Gasteiger partial charge in [-0.25, -0.2) is 4.39 Å². The molecular weight excluding hydrogens is 305 g/mol. The van der Waals surface area contributed by atoms with Crippen molar-refractivity contribution in [3.8, 4) is 11.3 Å². The Morgan fingerprint density at radius 3 is 2.67 bits per heavy atom. The summed E-state index contributed by atoms with van der Waals surface area (Å²) in [6, 6.07) is 10.6. The second-order valence-electron chi connectivity index (χ2n) is 6.88. The first kappa shape index (κ1) is 15.4. The van der Waals surface area contributed by atoms with E-state index in [-0.39, 0.29) is 17.8 Å². The summed E-state index contributed by atoms with van der Waals surface area (Å²) in [5, 5.41) is 3.19. The van der Waals surface area contributed by atoms with Gasteiger partial charge in [-0.15, -0.1) is 0 Å². The third kappa shape index (κ3) is 2.63. The maximum atomic E-state index is 13.9. The number of hydrogen-bond donors (Lipinski definition) is 2. The minimum atomic E-state index is -0.294. The summed E-state index contributed by atoms with van der Waals surface area (Å²) >= 11 is 0. The van der Waals surface area contributed by atoms with Crippen LogP contribution in [0.1, 0.15) is 30.3 Å². The molecule has 126 valence electrons. The van der Waals surface area contributed by atoms with Gasteiger partial charge in [0.15, 0.2) is 0 Å². The van der Waals surface area contributed by atoms with Crippen LogP contribution in [0.4, 0.5) is 4.39 Å². The number of aromatic amines is 1. The molecule has 4 nitrogen and oxygen atoms in total. The molecule has 2 atom stereocenters. The van der Waals surface area contributed by atoms with Gasteiger partial charge in [-0.1, -0.05) is 12.1 Å². The molecule has 2 bridgehead atoms. The molecule has 0 aliphatic carbocycles. The van der Waals surface area contributed by atoms with Crippen molar-refractivity contribution in [2.24, 2.45) is 5.92 Å². The Bertz CT molecular complexity index is 747. The molecule has 4 heterocycles. The predicted octanol–water partition coefficient (Wildman–Crippen LogP) is 3.03. The van der Waals surface area contributed by atoms with Crippen molar-refractivity contribution in [1.82, 2.24) is 15.2 Å². The van der Waals surface area contributed by atoms with E-state index in [4.69, 9.17) is 0 Å². The molecule has 3 aliphatic heterocycles. The number of piperidine rings is 3. The number of fused-ring (bicyclic) bond motifs is 3. The van der Waals surface area contributed by atoms with E-state index in [0.29, 0.717) is 28.9 Å². The SMILES string of the molecule is C[C@@H]1[C@H](NC(=O)c2ccc(-c3ccccc3F)[nH]2)C2CCN1CC2. The highest BCUT2D eigenvalue weighted by molar-refractivity contribution is 5.93. The summed E-state index contributed by atoms with van der Waals surface area (Å²) in [7, 11) is 0. The van der Waals surface area contributed by atoms with Crippen LogP contribution in [-0.2, 0) is 0 Å². The molecule has 2 N–H and O–H groups in total. The van der Waals surface area contributed by atoms with Crippen LogP contribution in [0.3, 0.4) is 0 Å². The van der Waals surface area contributed by atoms with Gasteiger partial charge in [0.2, 0.25) is 0 Å². The molecule has 1 aromatic carbocycles. The summed E-state index contributed by atoms with van der Waals surface area (Å²) in [4.78, 5) is 18.1. The van der Waals surface area contributed by atoms with Crippen molar-refractivity contribution in [3.05, 3.63) is 47.9 Å². The molecule has 1 aromatic heterocycles. The molecule has 5 rings (SSSR count). The van der Waals surface area contributed by atoms with E-state index in [1.165, 1.54) is 6.07 Å². The lowest BCUT2D eigenvalue weighted by Crippen LogP contribution is -2.62. The zero-order valence-electron chi connectivity index (χ0n) is 13.8. The van der Waals surface area contributed by atoms with Crippen LogP contribution in [0.2, 0.25) is 0 Å². The van der Waals surface area contributed by atoms with E-state index in [1.807, 2.05) is 0 Å². The van der Waals surface area contributed by atoms with E-state index in [9.17, 15) is 9.18 Å². The molecular formula is C19H22FN3O. The normalized spacial score (nSPS) is 28.8. The van der Waals surface area contributed by atoms with Crippen LogP contribution < -0.4 is 5.32 Å². The largest absolute Gasteiger partial charge is 0.350 e. The van der Waals surface area contributed by atoms with Crippen molar-refractivity contribution in [2.45, 2.75) is 31.8 Å². The fourth-order valence-corrected chi connectivity index (χ4v) is 4.14. The highest BCUT2D eigenvalue weighted by Gasteiger charge is 2.40. The first-order chi connectivity index (χ1) is 11.6. The Balaban J connectivity index is 1.51. The summed E-state index contributed by atoms with van der Waals surface area (Å²) in [6.07, 6.45) is 2.31. The number of amides is 1. The Morgan fingerprint density at radius 1 is 1.21 bits per heavy atom. The zero-order valence-corrected chi connectivity index (χ0v) is 13.8. The van der Waals surface area contributed by atoms with E-state index in [1.54, 1.807) is 30.3 Å². The Labute approximate surface area is 141 Å². The highest BCUT2D eigenvalue weighted by atomic mass is 19.1. The molecule has 0 saturated carbocycles. The number of hydrogen-bond acceptors (Lipinski definition) is 2. The monoisotopic (exact) mass is 327 g/mol. The quantitative estimate of drug-likeness (QED) is 0.910. The standard InChI is InChI=1S/C19H22FN3O/c1-12-18(13-8-10-23(12)11-9-13)22-19(24)17-7-6-16(21-17)14-4-2-3-5-15(14)20/h2-7,12-13,18,21H,8-11H2,1H3,(H,22,24)/t12-,18+/m1/s1. The predicted molar refractivity (Wildman–Crippen MR) is 91.2 cm³/mol. The Morgan fingerprint density at radius 2 is 1.96 bits per heavy atom. The van der Waals surface area contributed by atoms with Crippen LogP contribution in [0, 0.1) is 11.7 Å². The van der Waals surface area contributed by atoms with Gasteiger partial charge in [-0.2, -0.15) is 0 Å². The molecule has 3 fully saturated rings. The molecule has 3 saturated heterocycles. The maximum Gasteiger partial charge on any atom is 0.267 e. The molecule has 24 heavy (non-hydrogen) atoms. The number of carbonyl (C=O) groups is 1. The average molecular weight is 327 g/mol. The second kappa shape index (κ2) is 6.06. The van der Waals surface area contributed by atoms with Crippen LogP contribution in [0.5, 0.6) is 0 Å². The molecule has 0 unspecified atom stereocenters. The molecule has 0 radical (unpaired) electrons. The Hall–Kier alpha value is -2.14. The van der Waals surface area contributed by atoms with Crippen LogP contribution in [0.15, 0.2) is 36.4 Å². The maximum absolute atomic E-state index is 13.9. The zero-order chi connectivity index (χ0) is 16.7. The lowest BCUT2D eigenvalue weighted by molar-refractivity contribution is 0.0216. The van der Waals surface area contributed by atoms with Crippen molar-refractivity contribution < 1.29 is 9.18 Å². The first-order valence-corrected chi connectivity index (χ1v) is 8.62. The first-order valence-electron chi connectivity index (χ1n) is 8.62. The summed E-state index contributed by atoms with van der Waals surface area (Å²) in [5.74, 6) is 0.162. The lowest BCUT2D eigenvalue weighted by Gasteiger charge is -2.49. The summed E-state index contributed by atoms with van der Waals surface area (Å²) in [5.41, 5.74) is 1.59. The smallest absolute Gasteiger partial charge is 0.267 e. The van der Waals surface area contributed by atoms with Crippen LogP contribution in [-0.4, -0.2) is 41.0 Å². The van der Waals surface area contributed by atoms with Crippen LogP contribution in [0.25, 0.3) is 11.3 Å². The van der Waals surface area contributed by atoms with E-state index >= 15 is 0 Å². The number of aromatic nitrogens is 1. The number of rotatable bonds is 3. The number of carbonyl (C=O) groups excluding carboxylic acids is 1. The average Bonchev–Trinajstić information content (AvgIpc) is 3.09. The topological polar surface area (TPSA) is 48.1 Å². The summed E-state index contributed by atoms with van der Waals surface area (Å²) < 4.78 is 13.9. The van der Waals surface area contributed by atoms with E-state index in [2.05, 4.69) is 22.1 Å². The van der Waals surface area contributed by atoms with Crippen molar-refractivity contribution in [2.75, 3.05) is 13.1 Å². The highest BCUT2D eigenvalue weighted by Crippen LogP contribution is 2.32. The van der Waals surface area contributed by atoms with Crippen molar-refractivity contribution >= 4 is 5.91 Å². The van der Waals surface area contributed by atoms with Gasteiger partial charge in [-0.05, 0) is 63.0 Å². The molecule has 1 amide bonds. The summed E-state index contributed by atoms with van der Waals surface area (Å²) in [6.45, 7) is 4.46. The van der Waals surface area contributed by atoms with Gasteiger partial charge < -0.3 is 10.3 Å². The van der Waals surface area contributed by atoms with Gasteiger partial charge in [0.1, 0.15) is 11.5 Å². The van der Waals surface area contributed by atoms with Crippen molar-refractivity contribution in [3.63, 3.8) is 0 Å². The van der Waals surface area contributed by atoms with Crippen molar-refractivity contribution in [1.29, 1.82) is 0 Å². The third-order valence-electron chi connectivity index (χ3n) is 5.57. The van der Waals surface area contributed by atoms with E-state index in [0.717, 1.165) is 25.9 Å². The number of halogens is 1. The minimum absolute atomic E-state index is 0.108. The van der Waals surface area contributed by atoms with Crippen LogP contribution >= 0.6 is 0 Å². The third-order valence-corrected chi connectivity index (χ3v) is 5.57. The molecule has 5 heteroatoms. The number of H-pyrrole nitrogens is 1. The number of nitrogens with one attached hydrogen (secondary N) is 2. The molecule has 3 aliphatic rings. The van der Waals surface area contributed by atoms with Gasteiger partial charge >= 0.3 is 0 Å². The van der Waals surface area contributed by atoms with E-state index < -0.39 is 0 Å². The minimum Gasteiger partial charge on any atom is -0.350 e. The number of benzene rings is 1. The fourth-order valence-electron chi connectivity index (χ4n) is 4.14. The van der Waals surface area contributed by atoms with Gasteiger partial charge in [-0.3, -0.25) is 9.69 Å². The lowest BCUT2D eigenvalue weighted by atomic mass is 9.79. The fraction of sp³-hybridized carbons (Fsp3) is 0.421. The van der Waals surface area contributed by atoms with Gasteiger partial charge in [0.05, 0.1) is 0 Å². The van der Waals surface area contributed by atoms with Gasteiger partial charge in [0, 0.05) is 23.3 Å². The molecule has 2 aromatic rings. The Kier molecular flexibility index (Phi) is 3.88. The molecule has 0 spiro atoms.